The van der Waals surface area contributed by atoms with Crippen molar-refractivity contribution in [2.75, 3.05) is 6.54 Å². The summed E-state index contributed by atoms with van der Waals surface area (Å²) in [6.45, 7) is 9.20. The third-order valence-corrected chi connectivity index (χ3v) is 4.03. The lowest BCUT2D eigenvalue weighted by Gasteiger charge is -2.40. The number of rotatable bonds is 2. The molecule has 1 aliphatic heterocycles. The maximum atomic E-state index is 12.4. The second-order valence-corrected chi connectivity index (χ2v) is 6.27. The van der Waals surface area contributed by atoms with Crippen LogP contribution in [0.25, 0.3) is 0 Å². The summed E-state index contributed by atoms with van der Waals surface area (Å²) in [5.41, 5.74) is 2.51. The number of nitrogens with zero attached hydrogens (tertiary/aromatic N) is 1. The van der Waals surface area contributed by atoms with Crippen LogP contribution in [0.2, 0.25) is 0 Å². The van der Waals surface area contributed by atoms with Gasteiger partial charge in [0.15, 0.2) is 0 Å². The lowest BCUT2D eigenvalue weighted by Crippen LogP contribution is -2.48. The molecule has 0 bridgehead atoms. The van der Waals surface area contributed by atoms with E-state index in [0.717, 1.165) is 13.0 Å². The zero-order valence-electron chi connectivity index (χ0n) is 13.0. The summed E-state index contributed by atoms with van der Waals surface area (Å²) < 4.78 is 0. The van der Waals surface area contributed by atoms with E-state index in [1.165, 1.54) is 17.5 Å². The van der Waals surface area contributed by atoms with Crippen LogP contribution in [0, 0.1) is 12.8 Å². The largest absolute Gasteiger partial charge is 0.336 e. The molecular formula is C17H26N2O. The smallest absolute Gasteiger partial charge is 0.318 e. The van der Waals surface area contributed by atoms with E-state index in [1.54, 1.807) is 0 Å². The van der Waals surface area contributed by atoms with Gasteiger partial charge in [0.1, 0.15) is 0 Å². The fourth-order valence-corrected chi connectivity index (χ4v) is 3.02. The van der Waals surface area contributed by atoms with Crippen molar-refractivity contribution in [2.45, 2.75) is 52.6 Å². The van der Waals surface area contributed by atoms with Gasteiger partial charge in [0.05, 0.1) is 6.04 Å². The number of carbonyl (C=O) groups is 1. The zero-order valence-corrected chi connectivity index (χ0v) is 13.0. The van der Waals surface area contributed by atoms with E-state index in [0.29, 0.717) is 5.92 Å². The minimum absolute atomic E-state index is 0.0668. The van der Waals surface area contributed by atoms with E-state index >= 15 is 0 Å². The molecule has 3 heteroatoms. The molecule has 1 aromatic rings. The van der Waals surface area contributed by atoms with Gasteiger partial charge >= 0.3 is 6.03 Å². The fraction of sp³-hybridized carbons (Fsp3) is 0.588. The zero-order chi connectivity index (χ0) is 14.7. The molecule has 0 aliphatic carbocycles. The molecule has 2 amide bonds. The second-order valence-electron chi connectivity index (χ2n) is 6.27. The summed E-state index contributed by atoms with van der Waals surface area (Å²) in [4.78, 5) is 14.4. The van der Waals surface area contributed by atoms with Gasteiger partial charge in [0.2, 0.25) is 0 Å². The molecule has 1 heterocycles. The molecule has 3 nitrogen and oxygen atoms in total. The number of likely N-dealkylation sites (tertiary alicyclic amines) is 1. The van der Waals surface area contributed by atoms with Crippen LogP contribution in [0.15, 0.2) is 24.3 Å². The van der Waals surface area contributed by atoms with Crippen LogP contribution in [0.4, 0.5) is 4.79 Å². The second kappa shape index (κ2) is 6.29. The molecule has 2 atom stereocenters. The Morgan fingerprint density at radius 1 is 1.30 bits per heavy atom. The minimum atomic E-state index is 0.0668. The monoisotopic (exact) mass is 274 g/mol. The van der Waals surface area contributed by atoms with Gasteiger partial charge in [-0.1, -0.05) is 36.8 Å². The summed E-state index contributed by atoms with van der Waals surface area (Å²) in [6, 6.07) is 9.04. The van der Waals surface area contributed by atoms with Crippen LogP contribution in [-0.4, -0.2) is 23.5 Å². The highest BCUT2D eigenvalue weighted by atomic mass is 16.2. The molecule has 1 N–H and O–H groups in total. The third kappa shape index (κ3) is 3.33. The van der Waals surface area contributed by atoms with Gasteiger partial charge in [0.25, 0.3) is 0 Å². The molecule has 0 spiro atoms. The normalized spacial score (nSPS) is 22.9. The Hall–Kier alpha value is -1.51. The van der Waals surface area contributed by atoms with Gasteiger partial charge < -0.3 is 10.2 Å². The first-order valence-electron chi connectivity index (χ1n) is 7.62. The van der Waals surface area contributed by atoms with Crippen molar-refractivity contribution in [3.05, 3.63) is 35.4 Å². The highest BCUT2D eigenvalue weighted by Gasteiger charge is 2.33. The molecule has 2 rings (SSSR count). The SMILES string of the molecule is Cc1ccc([C@H]2[C@@H](C)CCCN2C(=O)NC(C)C)cc1. The van der Waals surface area contributed by atoms with Crippen LogP contribution >= 0.6 is 0 Å². The Labute approximate surface area is 122 Å². The molecular weight excluding hydrogens is 248 g/mol. The van der Waals surface area contributed by atoms with E-state index in [4.69, 9.17) is 0 Å². The van der Waals surface area contributed by atoms with Gasteiger partial charge in [-0.3, -0.25) is 0 Å². The Kier molecular flexibility index (Phi) is 4.69. The average molecular weight is 274 g/mol. The molecule has 1 fully saturated rings. The number of carbonyl (C=O) groups excluding carboxylic acids is 1. The summed E-state index contributed by atoms with van der Waals surface area (Å²) >= 11 is 0. The first-order chi connectivity index (χ1) is 9.49. The first-order valence-corrected chi connectivity index (χ1v) is 7.62. The van der Waals surface area contributed by atoms with E-state index in [-0.39, 0.29) is 18.1 Å². The molecule has 1 saturated heterocycles. The van der Waals surface area contributed by atoms with Crippen LogP contribution in [-0.2, 0) is 0 Å². The number of amides is 2. The number of aryl methyl sites for hydroxylation is 1. The van der Waals surface area contributed by atoms with Gasteiger partial charge in [-0.2, -0.15) is 0 Å². The number of hydrogen-bond donors (Lipinski definition) is 1. The quantitative estimate of drug-likeness (QED) is 0.872. The molecule has 110 valence electrons. The summed E-state index contributed by atoms with van der Waals surface area (Å²) in [7, 11) is 0. The summed E-state index contributed by atoms with van der Waals surface area (Å²) in [5.74, 6) is 0.504. The maximum absolute atomic E-state index is 12.4. The van der Waals surface area contributed by atoms with E-state index in [9.17, 15) is 4.79 Å². The van der Waals surface area contributed by atoms with Gasteiger partial charge in [0, 0.05) is 12.6 Å². The lowest BCUT2D eigenvalue weighted by molar-refractivity contribution is 0.118. The van der Waals surface area contributed by atoms with Crippen LogP contribution in [0.3, 0.4) is 0 Å². The number of piperidine rings is 1. The molecule has 0 aromatic heterocycles. The Bertz CT molecular complexity index is 453. The van der Waals surface area contributed by atoms with E-state index < -0.39 is 0 Å². The summed E-state index contributed by atoms with van der Waals surface area (Å²) in [6.07, 6.45) is 2.28. The van der Waals surface area contributed by atoms with Gasteiger partial charge in [-0.05, 0) is 45.1 Å². The lowest BCUT2D eigenvalue weighted by atomic mass is 9.86. The molecule has 0 unspecified atom stereocenters. The molecule has 20 heavy (non-hydrogen) atoms. The highest BCUT2D eigenvalue weighted by molar-refractivity contribution is 5.75. The maximum Gasteiger partial charge on any atom is 0.318 e. The molecule has 0 saturated carbocycles. The van der Waals surface area contributed by atoms with Crippen molar-refractivity contribution in [3.63, 3.8) is 0 Å². The predicted molar refractivity (Wildman–Crippen MR) is 82.7 cm³/mol. The predicted octanol–water partition coefficient (Wildman–Crippen LogP) is 3.89. The van der Waals surface area contributed by atoms with E-state index in [2.05, 4.69) is 43.4 Å². The van der Waals surface area contributed by atoms with Crippen molar-refractivity contribution in [3.8, 4) is 0 Å². The Morgan fingerprint density at radius 3 is 2.55 bits per heavy atom. The topological polar surface area (TPSA) is 32.3 Å². The van der Waals surface area contributed by atoms with Crippen molar-refractivity contribution in [1.29, 1.82) is 0 Å². The van der Waals surface area contributed by atoms with Crippen LogP contribution < -0.4 is 5.32 Å². The van der Waals surface area contributed by atoms with Gasteiger partial charge in [-0.25, -0.2) is 4.79 Å². The number of hydrogen-bond acceptors (Lipinski definition) is 1. The van der Waals surface area contributed by atoms with Crippen molar-refractivity contribution < 1.29 is 4.79 Å². The number of benzene rings is 1. The number of nitrogens with one attached hydrogen (secondary N) is 1. The van der Waals surface area contributed by atoms with Crippen LogP contribution in [0.5, 0.6) is 0 Å². The molecule has 1 aliphatic rings. The highest BCUT2D eigenvalue weighted by Crippen LogP contribution is 2.35. The third-order valence-electron chi connectivity index (χ3n) is 4.03. The van der Waals surface area contributed by atoms with E-state index in [1.807, 2.05) is 18.7 Å². The Balaban J connectivity index is 2.24. The fourth-order valence-electron chi connectivity index (χ4n) is 3.02. The van der Waals surface area contributed by atoms with Crippen molar-refractivity contribution >= 4 is 6.03 Å². The van der Waals surface area contributed by atoms with Crippen LogP contribution in [0.1, 0.15) is 50.8 Å². The minimum Gasteiger partial charge on any atom is -0.336 e. The number of urea groups is 1. The first kappa shape index (κ1) is 14.9. The van der Waals surface area contributed by atoms with Crippen molar-refractivity contribution in [1.82, 2.24) is 10.2 Å². The molecule has 1 aromatic carbocycles. The van der Waals surface area contributed by atoms with Gasteiger partial charge in [-0.15, -0.1) is 0 Å². The molecule has 0 radical (unpaired) electrons. The van der Waals surface area contributed by atoms with Crippen molar-refractivity contribution in [2.24, 2.45) is 5.92 Å². The Morgan fingerprint density at radius 2 is 1.95 bits per heavy atom. The standard InChI is InChI=1S/C17H26N2O/c1-12(2)18-17(20)19-11-5-6-14(4)16(19)15-9-7-13(3)8-10-15/h7-10,12,14,16H,5-6,11H2,1-4H3,(H,18,20)/t14-,16+/m0/s1. The average Bonchev–Trinajstić information content (AvgIpc) is 2.39. The summed E-state index contributed by atoms with van der Waals surface area (Å²) in [5, 5.41) is 3.03.